The SMILES string of the molecule is c1ccc(-c2nc3ccccc3nc2-c2cccc3cc4c(cc23)-c2ccccc2C4(c2ccccc2)c2ccccc2)cc1. The first-order valence-electron chi connectivity index (χ1n) is 15.4. The molecule has 0 bridgehead atoms. The van der Waals surface area contributed by atoms with Gasteiger partial charge in [-0.1, -0.05) is 146 Å². The van der Waals surface area contributed by atoms with Gasteiger partial charge in [0.05, 0.1) is 27.8 Å². The summed E-state index contributed by atoms with van der Waals surface area (Å²) >= 11 is 0. The molecule has 0 fully saturated rings. The van der Waals surface area contributed by atoms with Gasteiger partial charge in [0.15, 0.2) is 0 Å². The first kappa shape index (κ1) is 25.6. The summed E-state index contributed by atoms with van der Waals surface area (Å²) in [5, 5.41) is 2.36. The van der Waals surface area contributed by atoms with E-state index in [1.807, 2.05) is 30.3 Å². The molecule has 8 aromatic rings. The Bertz CT molecular complexity index is 2320. The third-order valence-corrected chi connectivity index (χ3v) is 9.33. The van der Waals surface area contributed by atoms with Crippen LogP contribution in [-0.4, -0.2) is 9.97 Å². The molecule has 7 aromatic carbocycles. The van der Waals surface area contributed by atoms with Gasteiger partial charge in [0.1, 0.15) is 0 Å². The van der Waals surface area contributed by atoms with Gasteiger partial charge in [0.25, 0.3) is 0 Å². The van der Waals surface area contributed by atoms with Crippen molar-refractivity contribution in [3.05, 3.63) is 192 Å². The normalized spacial score (nSPS) is 13.1. The molecule has 9 rings (SSSR count). The van der Waals surface area contributed by atoms with Crippen molar-refractivity contribution in [3.8, 4) is 33.6 Å². The van der Waals surface area contributed by atoms with Gasteiger partial charge in [-0.2, -0.15) is 0 Å². The number of fused-ring (bicyclic) bond motifs is 5. The first-order chi connectivity index (χ1) is 22.3. The molecule has 0 atom stereocenters. The molecule has 0 saturated carbocycles. The average Bonchev–Trinajstić information content (AvgIpc) is 3.41. The fourth-order valence-corrected chi connectivity index (χ4v) is 7.41. The Morgan fingerprint density at radius 1 is 0.378 bits per heavy atom. The average molecular weight is 573 g/mol. The quantitative estimate of drug-likeness (QED) is 0.210. The van der Waals surface area contributed by atoms with E-state index in [-0.39, 0.29) is 0 Å². The van der Waals surface area contributed by atoms with Gasteiger partial charge in [-0.25, -0.2) is 9.97 Å². The molecule has 210 valence electrons. The number of rotatable bonds is 4. The Morgan fingerprint density at radius 2 is 0.933 bits per heavy atom. The second-order valence-electron chi connectivity index (χ2n) is 11.7. The lowest BCUT2D eigenvalue weighted by atomic mass is 9.67. The lowest BCUT2D eigenvalue weighted by molar-refractivity contribution is 0.769. The monoisotopic (exact) mass is 572 g/mol. The lowest BCUT2D eigenvalue weighted by Gasteiger charge is -2.34. The van der Waals surface area contributed by atoms with E-state index in [1.165, 1.54) is 44.2 Å². The summed E-state index contributed by atoms with van der Waals surface area (Å²) in [5.74, 6) is 0. The Morgan fingerprint density at radius 3 is 1.62 bits per heavy atom. The highest BCUT2D eigenvalue weighted by atomic mass is 14.8. The van der Waals surface area contributed by atoms with Crippen molar-refractivity contribution in [2.45, 2.75) is 5.41 Å². The van der Waals surface area contributed by atoms with Crippen molar-refractivity contribution < 1.29 is 0 Å². The van der Waals surface area contributed by atoms with E-state index in [2.05, 4.69) is 140 Å². The molecule has 0 amide bonds. The van der Waals surface area contributed by atoms with Crippen LogP contribution < -0.4 is 0 Å². The van der Waals surface area contributed by atoms with Gasteiger partial charge >= 0.3 is 0 Å². The highest BCUT2D eigenvalue weighted by Crippen LogP contribution is 2.57. The zero-order chi connectivity index (χ0) is 29.8. The maximum absolute atomic E-state index is 5.27. The standard InChI is InChI=1S/C43H28N2/c1-4-15-29(16-5-1)41-42(45-40-26-13-12-25-39(40)44-41)34-23-14-17-30-27-38-36(28-35(30)34)33-22-10-11-24-37(33)43(38,31-18-6-2-7-19-31)32-20-8-3-9-21-32/h1-28H. The van der Waals surface area contributed by atoms with Crippen LogP contribution in [0, 0.1) is 0 Å². The smallest absolute Gasteiger partial charge is 0.0979 e. The zero-order valence-electron chi connectivity index (χ0n) is 24.6. The predicted octanol–water partition coefficient (Wildman–Crippen LogP) is 10.5. The van der Waals surface area contributed by atoms with Crippen LogP contribution in [0.2, 0.25) is 0 Å². The van der Waals surface area contributed by atoms with Crippen LogP contribution in [0.1, 0.15) is 22.3 Å². The molecule has 1 aliphatic carbocycles. The molecule has 45 heavy (non-hydrogen) atoms. The van der Waals surface area contributed by atoms with Crippen LogP contribution in [-0.2, 0) is 5.41 Å². The van der Waals surface area contributed by atoms with E-state index in [9.17, 15) is 0 Å². The second kappa shape index (κ2) is 10.1. The summed E-state index contributed by atoms with van der Waals surface area (Å²) in [6, 6.07) is 60.8. The minimum absolute atomic E-state index is 0.434. The summed E-state index contributed by atoms with van der Waals surface area (Å²) in [7, 11) is 0. The van der Waals surface area contributed by atoms with Crippen LogP contribution in [0.15, 0.2) is 170 Å². The van der Waals surface area contributed by atoms with Gasteiger partial charge in [-0.3, -0.25) is 0 Å². The highest BCUT2D eigenvalue weighted by molar-refractivity contribution is 6.04. The maximum atomic E-state index is 5.27. The van der Waals surface area contributed by atoms with Gasteiger partial charge in [-0.05, 0) is 68.4 Å². The lowest BCUT2D eigenvalue weighted by Crippen LogP contribution is -2.28. The summed E-state index contributed by atoms with van der Waals surface area (Å²) < 4.78 is 0. The maximum Gasteiger partial charge on any atom is 0.0979 e. The van der Waals surface area contributed by atoms with Crippen LogP contribution in [0.4, 0.5) is 0 Å². The molecule has 2 nitrogen and oxygen atoms in total. The molecule has 1 heterocycles. The van der Waals surface area contributed by atoms with Crippen molar-refractivity contribution in [2.75, 3.05) is 0 Å². The number of hydrogen-bond donors (Lipinski definition) is 0. The molecule has 0 radical (unpaired) electrons. The number of hydrogen-bond acceptors (Lipinski definition) is 2. The van der Waals surface area contributed by atoms with Crippen molar-refractivity contribution in [1.82, 2.24) is 9.97 Å². The van der Waals surface area contributed by atoms with Gasteiger partial charge in [-0.15, -0.1) is 0 Å². The minimum Gasteiger partial charge on any atom is -0.244 e. The van der Waals surface area contributed by atoms with Crippen LogP contribution in [0.5, 0.6) is 0 Å². The highest BCUT2D eigenvalue weighted by Gasteiger charge is 2.46. The van der Waals surface area contributed by atoms with Gasteiger partial charge in [0, 0.05) is 11.1 Å². The molecular formula is C43H28N2. The molecule has 0 N–H and O–H groups in total. The summed E-state index contributed by atoms with van der Waals surface area (Å²) in [4.78, 5) is 10.4. The molecule has 0 spiro atoms. The van der Waals surface area contributed by atoms with Crippen LogP contribution >= 0.6 is 0 Å². The van der Waals surface area contributed by atoms with E-state index in [4.69, 9.17) is 9.97 Å². The molecule has 1 aromatic heterocycles. The van der Waals surface area contributed by atoms with Crippen molar-refractivity contribution in [3.63, 3.8) is 0 Å². The van der Waals surface area contributed by atoms with Crippen LogP contribution in [0.25, 0.3) is 55.4 Å². The zero-order valence-corrected chi connectivity index (χ0v) is 24.6. The van der Waals surface area contributed by atoms with E-state index < -0.39 is 5.41 Å². The fraction of sp³-hybridized carbons (Fsp3) is 0.0233. The molecule has 1 aliphatic rings. The number of nitrogens with zero attached hydrogens (tertiary/aromatic N) is 2. The molecule has 0 saturated heterocycles. The number of para-hydroxylation sites is 2. The third kappa shape index (κ3) is 3.82. The van der Waals surface area contributed by atoms with E-state index in [0.717, 1.165) is 33.5 Å². The number of aromatic nitrogens is 2. The van der Waals surface area contributed by atoms with Gasteiger partial charge < -0.3 is 0 Å². The van der Waals surface area contributed by atoms with E-state index >= 15 is 0 Å². The first-order valence-corrected chi connectivity index (χ1v) is 15.4. The van der Waals surface area contributed by atoms with Crippen molar-refractivity contribution in [1.29, 1.82) is 0 Å². The molecule has 2 heteroatoms. The predicted molar refractivity (Wildman–Crippen MR) is 185 cm³/mol. The summed E-state index contributed by atoms with van der Waals surface area (Å²) in [6.45, 7) is 0. The molecular weight excluding hydrogens is 544 g/mol. The Balaban J connectivity index is 1.38. The molecule has 0 unspecified atom stereocenters. The summed E-state index contributed by atoms with van der Waals surface area (Å²) in [5.41, 5.74) is 13.0. The van der Waals surface area contributed by atoms with E-state index in [1.54, 1.807) is 0 Å². The Kier molecular flexibility index (Phi) is 5.76. The Labute approximate surface area is 262 Å². The Hall–Kier alpha value is -5.86. The van der Waals surface area contributed by atoms with Crippen molar-refractivity contribution in [2.24, 2.45) is 0 Å². The minimum atomic E-state index is -0.434. The largest absolute Gasteiger partial charge is 0.244 e. The molecule has 0 aliphatic heterocycles. The number of benzene rings is 7. The topological polar surface area (TPSA) is 25.8 Å². The van der Waals surface area contributed by atoms with E-state index in [0.29, 0.717) is 0 Å². The summed E-state index contributed by atoms with van der Waals surface area (Å²) in [6.07, 6.45) is 0. The third-order valence-electron chi connectivity index (χ3n) is 9.33. The van der Waals surface area contributed by atoms with Crippen LogP contribution in [0.3, 0.4) is 0 Å². The fourth-order valence-electron chi connectivity index (χ4n) is 7.41. The van der Waals surface area contributed by atoms with Gasteiger partial charge in [0.2, 0.25) is 0 Å². The second-order valence-corrected chi connectivity index (χ2v) is 11.7. The van der Waals surface area contributed by atoms with Crippen molar-refractivity contribution >= 4 is 21.8 Å².